The molecule has 1 fully saturated rings. The van der Waals surface area contributed by atoms with Crippen LogP contribution >= 0.6 is 0 Å². The highest BCUT2D eigenvalue weighted by atomic mass is 32.2. The van der Waals surface area contributed by atoms with Gasteiger partial charge in [-0.05, 0) is 42.5 Å². The molecule has 0 unspecified atom stereocenters. The van der Waals surface area contributed by atoms with E-state index in [2.05, 4.69) is 4.98 Å². The van der Waals surface area contributed by atoms with Crippen LogP contribution in [0.15, 0.2) is 42.6 Å². The van der Waals surface area contributed by atoms with Gasteiger partial charge in [-0.3, -0.25) is 4.98 Å². The van der Waals surface area contributed by atoms with Crippen molar-refractivity contribution >= 4 is 16.2 Å². The van der Waals surface area contributed by atoms with Gasteiger partial charge in [-0.1, -0.05) is 18.2 Å². The lowest BCUT2D eigenvalue weighted by atomic mass is 9.89. The zero-order valence-electron chi connectivity index (χ0n) is 15.4. The van der Waals surface area contributed by atoms with Crippen LogP contribution in [-0.4, -0.2) is 60.3 Å². The summed E-state index contributed by atoms with van der Waals surface area (Å²) in [6, 6.07) is 10.6. The second kappa shape index (κ2) is 7.75. The Morgan fingerprint density at radius 2 is 1.85 bits per heavy atom. The Kier molecular flexibility index (Phi) is 5.59. The summed E-state index contributed by atoms with van der Waals surface area (Å²) in [4.78, 5) is 15.8. The monoisotopic (exact) mass is 389 g/mol. The predicted molar refractivity (Wildman–Crippen MR) is 103 cm³/mol. The van der Waals surface area contributed by atoms with E-state index in [1.807, 2.05) is 12.1 Å². The van der Waals surface area contributed by atoms with Gasteiger partial charge in [0.1, 0.15) is 0 Å². The SMILES string of the molecule is CN(C)S(=O)(=O)N1CCC(c2ccnc(-c3ccccc3C(=O)O)c2)CC1. The molecule has 7 nitrogen and oxygen atoms in total. The van der Waals surface area contributed by atoms with Crippen molar-refractivity contribution in [3.8, 4) is 11.3 Å². The van der Waals surface area contributed by atoms with Gasteiger partial charge in [-0.2, -0.15) is 17.0 Å². The number of hydrogen-bond donors (Lipinski definition) is 1. The van der Waals surface area contributed by atoms with Crippen molar-refractivity contribution in [2.45, 2.75) is 18.8 Å². The third-order valence-electron chi connectivity index (χ3n) is 4.93. The van der Waals surface area contributed by atoms with Gasteiger partial charge in [0, 0.05) is 38.9 Å². The predicted octanol–water partition coefficient (Wildman–Crippen LogP) is 2.43. The maximum absolute atomic E-state index is 12.3. The molecule has 1 aliphatic heterocycles. The van der Waals surface area contributed by atoms with E-state index in [0.717, 1.165) is 18.4 Å². The summed E-state index contributed by atoms with van der Waals surface area (Å²) in [6.07, 6.45) is 3.13. The van der Waals surface area contributed by atoms with Gasteiger partial charge >= 0.3 is 5.97 Å². The Balaban J connectivity index is 1.81. The van der Waals surface area contributed by atoms with E-state index in [4.69, 9.17) is 0 Å². The summed E-state index contributed by atoms with van der Waals surface area (Å²) >= 11 is 0. The first-order valence-electron chi connectivity index (χ1n) is 8.77. The number of pyridine rings is 1. The van der Waals surface area contributed by atoms with Crippen LogP contribution in [0.1, 0.15) is 34.7 Å². The molecule has 0 bridgehead atoms. The highest BCUT2D eigenvalue weighted by molar-refractivity contribution is 7.86. The minimum absolute atomic E-state index is 0.217. The van der Waals surface area contributed by atoms with Crippen LogP contribution in [-0.2, 0) is 10.2 Å². The van der Waals surface area contributed by atoms with Gasteiger partial charge in [-0.25, -0.2) is 4.79 Å². The summed E-state index contributed by atoms with van der Waals surface area (Å²) in [7, 11) is -0.306. The van der Waals surface area contributed by atoms with Gasteiger partial charge in [0.15, 0.2) is 0 Å². The first-order valence-corrected chi connectivity index (χ1v) is 10.2. The molecule has 0 atom stereocenters. The van der Waals surface area contributed by atoms with E-state index in [0.29, 0.717) is 24.3 Å². The Hall–Kier alpha value is -2.29. The topological polar surface area (TPSA) is 90.8 Å². The van der Waals surface area contributed by atoms with Gasteiger partial charge in [0.25, 0.3) is 10.2 Å². The van der Waals surface area contributed by atoms with Crippen LogP contribution in [0.3, 0.4) is 0 Å². The first-order chi connectivity index (χ1) is 12.8. The van der Waals surface area contributed by atoms with E-state index in [1.54, 1.807) is 30.5 Å². The highest BCUT2D eigenvalue weighted by Crippen LogP contribution is 2.32. The number of nitrogens with zero attached hydrogens (tertiary/aromatic N) is 3. The van der Waals surface area contributed by atoms with Crippen molar-refractivity contribution in [3.63, 3.8) is 0 Å². The summed E-state index contributed by atoms with van der Waals surface area (Å²) in [5.74, 6) is -0.766. The molecule has 1 aromatic carbocycles. The van der Waals surface area contributed by atoms with Crippen LogP contribution in [0.5, 0.6) is 0 Å². The Labute approximate surface area is 159 Å². The summed E-state index contributed by atoms with van der Waals surface area (Å²) in [5, 5.41) is 9.40. The fourth-order valence-corrected chi connectivity index (χ4v) is 4.53. The fraction of sp³-hybridized carbons (Fsp3) is 0.368. The standard InChI is InChI=1S/C19H23N3O4S/c1-21(2)27(25,26)22-11-8-14(9-12-22)15-7-10-20-18(13-15)16-5-3-4-6-17(16)19(23)24/h3-7,10,13-14H,8-9,11-12H2,1-2H3,(H,23,24). The molecule has 144 valence electrons. The van der Waals surface area contributed by atoms with Gasteiger partial charge in [0.05, 0.1) is 11.3 Å². The lowest BCUT2D eigenvalue weighted by Gasteiger charge is -2.33. The molecule has 27 heavy (non-hydrogen) atoms. The van der Waals surface area contributed by atoms with E-state index in [-0.39, 0.29) is 11.5 Å². The first kappa shape index (κ1) is 19.5. The van der Waals surface area contributed by atoms with Crippen molar-refractivity contribution in [2.75, 3.05) is 27.2 Å². The number of hydrogen-bond acceptors (Lipinski definition) is 4. The number of aromatic nitrogens is 1. The molecule has 1 aliphatic rings. The molecule has 0 saturated carbocycles. The average molecular weight is 389 g/mol. The van der Waals surface area contributed by atoms with Crippen LogP contribution in [0.2, 0.25) is 0 Å². The third-order valence-corrected chi connectivity index (χ3v) is 6.87. The molecule has 8 heteroatoms. The minimum atomic E-state index is -3.38. The van der Waals surface area contributed by atoms with Crippen LogP contribution < -0.4 is 0 Å². The molecule has 2 heterocycles. The number of rotatable bonds is 5. The Bertz CT molecular complexity index is 935. The summed E-state index contributed by atoms with van der Waals surface area (Å²) in [6.45, 7) is 0.934. The van der Waals surface area contributed by atoms with Gasteiger partial charge < -0.3 is 5.11 Å². The smallest absolute Gasteiger partial charge is 0.336 e. The molecule has 1 N–H and O–H groups in total. The second-order valence-corrected chi connectivity index (χ2v) is 8.93. The number of carbonyl (C=O) groups is 1. The summed E-state index contributed by atoms with van der Waals surface area (Å²) < 4.78 is 27.3. The zero-order valence-corrected chi connectivity index (χ0v) is 16.2. The lowest BCUT2D eigenvalue weighted by molar-refractivity contribution is 0.0697. The highest BCUT2D eigenvalue weighted by Gasteiger charge is 2.30. The van der Waals surface area contributed by atoms with E-state index in [9.17, 15) is 18.3 Å². The Morgan fingerprint density at radius 3 is 2.48 bits per heavy atom. The molecular weight excluding hydrogens is 366 g/mol. The number of piperidine rings is 1. The quantitative estimate of drug-likeness (QED) is 0.848. The summed E-state index contributed by atoms with van der Waals surface area (Å²) in [5.41, 5.74) is 2.48. The van der Waals surface area contributed by atoms with Crippen molar-refractivity contribution in [3.05, 3.63) is 53.7 Å². The Morgan fingerprint density at radius 1 is 1.19 bits per heavy atom. The van der Waals surface area contributed by atoms with Crippen LogP contribution in [0.25, 0.3) is 11.3 Å². The largest absolute Gasteiger partial charge is 0.478 e. The second-order valence-electron chi connectivity index (χ2n) is 6.79. The molecule has 1 aromatic heterocycles. The molecular formula is C19H23N3O4S. The molecule has 0 amide bonds. The van der Waals surface area contributed by atoms with E-state index < -0.39 is 16.2 Å². The van der Waals surface area contributed by atoms with E-state index >= 15 is 0 Å². The minimum Gasteiger partial charge on any atom is -0.478 e. The number of carboxylic acids is 1. The number of carboxylic acid groups (broad SMARTS) is 1. The average Bonchev–Trinajstić information content (AvgIpc) is 2.68. The van der Waals surface area contributed by atoms with Crippen LogP contribution in [0.4, 0.5) is 0 Å². The molecule has 0 spiro atoms. The fourth-order valence-electron chi connectivity index (χ4n) is 3.39. The maximum atomic E-state index is 12.3. The van der Waals surface area contributed by atoms with E-state index in [1.165, 1.54) is 22.7 Å². The zero-order chi connectivity index (χ0) is 19.6. The molecule has 0 radical (unpaired) electrons. The number of benzene rings is 1. The van der Waals surface area contributed by atoms with Crippen molar-refractivity contribution < 1.29 is 18.3 Å². The molecule has 1 saturated heterocycles. The molecule has 2 aromatic rings. The van der Waals surface area contributed by atoms with Crippen LogP contribution in [0, 0.1) is 0 Å². The van der Waals surface area contributed by atoms with Crippen molar-refractivity contribution in [1.82, 2.24) is 13.6 Å². The van der Waals surface area contributed by atoms with Crippen molar-refractivity contribution in [2.24, 2.45) is 0 Å². The van der Waals surface area contributed by atoms with Gasteiger partial charge in [0.2, 0.25) is 0 Å². The molecule has 0 aliphatic carbocycles. The third kappa shape index (κ3) is 4.02. The molecule has 3 rings (SSSR count). The lowest BCUT2D eigenvalue weighted by Crippen LogP contribution is -2.44. The number of aromatic carboxylic acids is 1. The van der Waals surface area contributed by atoms with Crippen molar-refractivity contribution in [1.29, 1.82) is 0 Å². The normalized spacial score (nSPS) is 16.6. The maximum Gasteiger partial charge on any atom is 0.336 e. The van der Waals surface area contributed by atoms with Gasteiger partial charge in [-0.15, -0.1) is 0 Å².